The van der Waals surface area contributed by atoms with Crippen LogP contribution in [0.25, 0.3) is 0 Å². The van der Waals surface area contributed by atoms with E-state index in [1.165, 1.54) is 83.5 Å². The van der Waals surface area contributed by atoms with Gasteiger partial charge in [-0.15, -0.1) is 0 Å². The minimum Gasteiger partial charge on any atom is -0.462 e. The predicted molar refractivity (Wildman–Crippen MR) is 238 cm³/mol. The first kappa shape index (κ1) is 54.4. The van der Waals surface area contributed by atoms with E-state index in [-0.39, 0.29) is 26.1 Å². The van der Waals surface area contributed by atoms with E-state index < -0.39 is 55.4 Å². The molecule has 0 bridgehead atoms. The van der Waals surface area contributed by atoms with Crippen molar-refractivity contribution in [3.63, 3.8) is 0 Å². The average molecular weight is 833 g/mol. The van der Waals surface area contributed by atoms with Crippen LogP contribution >= 0.6 is 0 Å². The molecule has 0 aromatic carbocycles. The third kappa shape index (κ3) is 31.0. The van der Waals surface area contributed by atoms with Crippen LogP contribution in [0, 0.1) is 0 Å². The summed E-state index contributed by atoms with van der Waals surface area (Å²) < 4.78 is 22.1. The SMILES string of the molecule is CCCCC/C=C/C/C=C/C/C=C/C/C=C/CCCCCC(=O)OC[C@@H](CO[C@H]1O[C@@H](CO)[C@@H](O)C(O)C1O)OC(=O)CCCC/C=C/CCCCCCCCCCC. The first-order valence-electron chi connectivity index (χ1n) is 23.4. The number of hydrogen-bond acceptors (Lipinski definition) is 10. The first-order chi connectivity index (χ1) is 28.8. The lowest BCUT2D eigenvalue weighted by atomic mass is 9.99. The van der Waals surface area contributed by atoms with Gasteiger partial charge >= 0.3 is 11.9 Å². The zero-order valence-electron chi connectivity index (χ0n) is 37.0. The maximum Gasteiger partial charge on any atom is 0.306 e. The number of ether oxygens (including phenoxy) is 4. The van der Waals surface area contributed by atoms with Gasteiger partial charge in [-0.25, -0.2) is 0 Å². The van der Waals surface area contributed by atoms with E-state index in [0.717, 1.165) is 57.8 Å². The van der Waals surface area contributed by atoms with Gasteiger partial charge in [-0.1, -0.05) is 145 Å². The maximum atomic E-state index is 12.8. The first-order valence-corrected chi connectivity index (χ1v) is 23.4. The molecule has 0 aliphatic carbocycles. The standard InChI is InChI=1S/C49H84O10/c1-3-5-7-9-11-13-15-17-19-20-21-22-24-25-27-29-31-33-35-37-44(51)56-40-42(41-57-49-48(55)47(54)46(53)43(39-50)59-49)58-45(52)38-36-34-32-30-28-26-23-18-16-14-12-10-8-6-4-2/h11,13,17,19,21-22,25,27-28,30,42-43,46-50,53-55H,3-10,12,14-16,18,20,23-24,26,29,31-41H2,1-2H3/b13-11+,19-17+,22-21+,27-25+,30-28+/t42-,43-,46+,47?,48?,49-/m0/s1. The number of aliphatic hydroxyl groups excluding tert-OH is 4. The largest absolute Gasteiger partial charge is 0.462 e. The molecule has 0 saturated carbocycles. The Morgan fingerprint density at radius 2 is 0.949 bits per heavy atom. The zero-order valence-corrected chi connectivity index (χ0v) is 37.0. The fraction of sp³-hybridized carbons (Fsp3) is 0.755. The Morgan fingerprint density at radius 1 is 0.525 bits per heavy atom. The summed E-state index contributed by atoms with van der Waals surface area (Å²) in [6.07, 6.45) is 40.8. The van der Waals surface area contributed by atoms with Crippen LogP contribution < -0.4 is 0 Å². The van der Waals surface area contributed by atoms with E-state index in [9.17, 15) is 30.0 Å². The summed E-state index contributed by atoms with van der Waals surface area (Å²) in [5, 5.41) is 40.1. The number of carbonyl (C=O) groups excluding carboxylic acids is 2. The number of carbonyl (C=O) groups is 2. The van der Waals surface area contributed by atoms with Gasteiger partial charge < -0.3 is 39.4 Å². The lowest BCUT2D eigenvalue weighted by Crippen LogP contribution is -2.59. The third-order valence-corrected chi connectivity index (χ3v) is 10.4. The second-order valence-electron chi connectivity index (χ2n) is 15.8. The van der Waals surface area contributed by atoms with Crippen molar-refractivity contribution < 1.29 is 49.0 Å². The van der Waals surface area contributed by atoms with Gasteiger partial charge in [-0.3, -0.25) is 9.59 Å². The van der Waals surface area contributed by atoms with Gasteiger partial charge in [-0.05, 0) is 83.5 Å². The molecule has 1 heterocycles. The molecule has 0 radical (unpaired) electrons. The van der Waals surface area contributed by atoms with Crippen LogP contribution in [-0.2, 0) is 28.5 Å². The Hall–Kier alpha value is -2.60. The molecule has 0 aromatic rings. The molecule has 0 amide bonds. The van der Waals surface area contributed by atoms with Crippen molar-refractivity contribution in [1.29, 1.82) is 0 Å². The van der Waals surface area contributed by atoms with Crippen molar-refractivity contribution in [2.75, 3.05) is 19.8 Å². The molecule has 6 atom stereocenters. The summed E-state index contributed by atoms with van der Waals surface area (Å²) in [6, 6.07) is 0. The number of aliphatic hydroxyl groups is 4. The molecule has 10 heteroatoms. The molecule has 4 N–H and O–H groups in total. The van der Waals surface area contributed by atoms with Gasteiger partial charge in [0.2, 0.25) is 0 Å². The van der Waals surface area contributed by atoms with E-state index >= 15 is 0 Å². The van der Waals surface area contributed by atoms with Crippen LogP contribution in [0.4, 0.5) is 0 Å². The Morgan fingerprint density at radius 3 is 1.51 bits per heavy atom. The highest BCUT2D eigenvalue weighted by molar-refractivity contribution is 5.70. The average Bonchev–Trinajstić information content (AvgIpc) is 3.23. The molecular formula is C49H84O10. The number of unbranched alkanes of at least 4 members (excludes halogenated alkanes) is 17. The Balaban J connectivity index is 2.36. The van der Waals surface area contributed by atoms with Crippen LogP contribution in [0.3, 0.4) is 0 Å². The molecule has 340 valence electrons. The molecule has 59 heavy (non-hydrogen) atoms. The van der Waals surface area contributed by atoms with Crippen molar-refractivity contribution in [2.45, 2.75) is 218 Å². The molecule has 1 aliphatic rings. The normalized spacial score (nSPS) is 20.5. The summed E-state index contributed by atoms with van der Waals surface area (Å²) in [4.78, 5) is 25.3. The van der Waals surface area contributed by atoms with E-state index in [2.05, 4.69) is 74.6 Å². The summed E-state index contributed by atoms with van der Waals surface area (Å²) in [7, 11) is 0. The lowest BCUT2D eigenvalue weighted by Gasteiger charge is -2.39. The van der Waals surface area contributed by atoms with E-state index in [1.807, 2.05) is 0 Å². The van der Waals surface area contributed by atoms with Gasteiger partial charge in [-0.2, -0.15) is 0 Å². The smallest absolute Gasteiger partial charge is 0.306 e. The fourth-order valence-corrected chi connectivity index (χ4v) is 6.64. The highest BCUT2D eigenvalue weighted by Gasteiger charge is 2.44. The van der Waals surface area contributed by atoms with Crippen molar-refractivity contribution in [1.82, 2.24) is 0 Å². The second kappa shape index (κ2) is 39.5. The van der Waals surface area contributed by atoms with Crippen molar-refractivity contribution >= 4 is 11.9 Å². The fourth-order valence-electron chi connectivity index (χ4n) is 6.64. The van der Waals surface area contributed by atoms with Crippen molar-refractivity contribution in [3.8, 4) is 0 Å². The minimum absolute atomic E-state index is 0.191. The quantitative estimate of drug-likeness (QED) is 0.0269. The molecule has 2 unspecified atom stereocenters. The summed E-state index contributed by atoms with van der Waals surface area (Å²) in [6.45, 7) is 3.34. The Bertz CT molecular complexity index is 1150. The van der Waals surface area contributed by atoms with Gasteiger partial charge in [0.15, 0.2) is 12.4 Å². The summed E-state index contributed by atoms with van der Waals surface area (Å²) in [5.41, 5.74) is 0. The van der Waals surface area contributed by atoms with E-state index in [1.54, 1.807) is 0 Å². The second-order valence-corrected chi connectivity index (χ2v) is 15.8. The molecule has 0 spiro atoms. The molecule has 1 saturated heterocycles. The molecular weight excluding hydrogens is 749 g/mol. The van der Waals surface area contributed by atoms with Crippen LogP contribution in [-0.4, -0.2) is 89.0 Å². The Labute approximate surface area is 358 Å². The van der Waals surface area contributed by atoms with Crippen LogP contribution in [0.15, 0.2) is 60.8 Å². The number of rotatable bonds is 38. The Kier molecular flexibility index (Phi) is 36.5. The maximum absolute atomic E-state index is 12.8. The number of esters is 2. The predicted octanol–water partition coefficient (Wildman–Crippen LogP) is 10.2. The van der Waals surface area contributed by atoms with Gasteiger partial charge in [0.05, 0.1) is 13.2 Å². The zero-order chi connectivity index (χ0) is 43.0. The van der Waals surface area contributed by atoms with Gasteiger partial charge in [0, 0.05) is 12.8 Å². The minimum atomic E-state index is -1.61. The van der Waals surface area contributed by atoms with Crippen molar-refractivity contribution in [3.05, 3.63) is 60.8 Å². The van der Waals surface area contributed by atoms with Gasteiger partial charge in [0.25, 0.3) is 0 Å². The van der Waals surface area contributed by atoms with Crippen LogP contribution in [0.1, 0.15) is 181 Å². The topological polar surface area (TPSA) is 152 Å². The highest BCUT2D eigenvalue weighted by atomic mass is 16.7. The molecule has 10 nitrogen and oxygen atoms in total. The van der Waals surface area contributed by atoms with Crippen LogP contribution in [0.2, 0.25) is 0 Å². The molecule has 0 aromatic heterocycles. The van der Waals surface area contributed by atoms with E-state index in [4.69, 9.17) is 18.9 Å². The van der Waals surface area contributed by atoms with Crippen molar-refractivity contribution in [2.24, 2.45) is 0 Å². The molecule has 1 fully saturated rings. The molecule has 1 rings (SSSR count). The lowest BCUT2D eigenvalue weighted by molar-refractivity contribution is -0.305. The summed E-state index contributed by atoms with van der Waals surface area (Å²) in [5.74, 6) is -0.871. The van der Waals surface area contributed by atoms with Crippen LogP contribution in [0.5, 0.6) is 0 Å². The monoisotopic (exact) mass is 833 g/mol. The third-order valence-electron chi connectivity index (χ3n) is 10.4. The van der Waals surface area contributed by atoms with Gasteiger partial charge in [0.1, 0.15) is 31.0 Å². The van der Waals surface area contributed by atoms with E-state index in [0.29, 0.717) is 12.8 Å². The number of allylic oxidation sites excluding steroid dienone is 10. The number of hydrogen-bond donors (Lipinski definition) is 4. The summed E-state index contributed by atoms with van der Waals surface area (Å²) >= 11 is 0. The molecule has 1 aliphatic heterocycles. The highest BCUT2D eigenvalue weighted by Crippen LogP contribution is 2.22.